The molecule has 88 valence electrons. The lowest BCUT2D eigenvalue weighted by Gasteiger charge is -2.22. The van der Waals surface area contributed by atoms with Gasteiger partial charge < -0.3 is 10.1 Å². The van der Waals surface area contributed by atoms with Crippen molar-refractivity contribution in [3.05, 3.63) is 30.3 Å². The predicted molar refractivity (Wildman–Crippen MR) is 64.5 cm³/mol. The Morgan fingerprint density at radius 1 is 1.31 bits per heavy atom. The van der Waals surface area contributed by atoms with E-state index in [0.29, 0.717) is 12.3 Å². The minimum absolute atomic E-state index is 0.107. The second-order valence-corrected chi connectivity index (χ2v) is 4.57. The van der Waals surface area contributed by atoms with Crippen LogP contribution >= 0.6 is 0 Å². The summed E-state index contributed by atoms with van der Waals surface area (Å²) in [5.41, 5.74) is 0.107. The molecule has 0 radical (unpaired) electrons. The number of benzene rings is 1. The number of hydrogen-bond acceptors (Lipinski definition) is 2. The maximum Gasteiger partial charge on any atom is 0.412 e. The molecule has 0 unspecified atom stereocenters. The highest BCUT2D eigenvalue weighted by Crippen LogP contribution is 2.17. The fourth-order valence-electron chi connectivity index (χ4n) is 1.07. The summed E-state index contributed by atoms with van der Waals surface area (Å²) in [6.45, 7) is 6.94. The van der Waals surface area contributed by atoms with Gasteiger partial charge in [0, 0.05) is 6.54 Å². The average molecular weight is 221 g/mol. The molecule has 1 amide bonds. The van der Waals surface area contributed by atoms with Gasteiger partial charge in [0.2, 0.25) is 0 Å². The molecule has 1 rings (SSSR count). The zero-order valence-electron chi connectivity index (χ0n) is 10.1. The fraction of sp³-hybridized carbons (Fsp3) is 0.462. The first-order chi connectivity index (χ1) is 7.53. The van der Waals surface area contributed by atoms with Crippen molar-refractivity contribution in [2.75, 3.05) is 6.54 Å². The smallest absolute Gasteiger partial charge is 0.410 e. The van der Waals surface area contributed by atoms with E-state index in [-0.39, 0.29) is 5.41 Å². The molecule has 0 fully saturated rings. The molecule has 0 bridgehead atoms. The molecule has 0 atom stereocenters. The van der Waals surface area contributed by atoms with Crippen molar-refractivity contribution >= 4 is 6.09 Å². The van der Waals surface area contributed by atoms with E-state index in [0.717, 1.165) is 6.42 Å². The van der Waals surface area contributed by atoms with E-state index in [1.165, 1.54) is 0 Å². The van der Waals surface area contributed by atoms with Gasteiger partial charge in [-0.1, -0.05) is 39.0 Å². The lowest BCUT2D eigenvalue weighted by molar-refractivity contribution is 0.193. The largest absolute Gasteiger partial charge is 0.412 e. The van der Waals surface area contributed by atoms with Crippen LogP contribution < -0.4 is 10.1 Å². The van der Waals surface area contributed by atoms with Crippen LogP contribution in [0.1, 0.15) is 27.2 Å². The molecule has 0 aromatic heterocycles. The predicted octanol–water partition coefficient (Wildman–Crippen LogP) is 3.21. The second-order valence-electron chi connectivity index (χ2n) is 4.57. The number of para-hydroxylation sites is 1. The standard InChI is InChI=1S/C13H19NO2/c1-4-13(2,3)10-14-12(15)16-11-8-6-5-7-9-11/h5-9H,4,10H2,1-3H3,(H,14,15). The first-order valence-electron chi connectivity index (χ1n) is 5.54. The van der Waals surface area contributed by atoms with Crippen LogP contribution in [0.4, 0.5) is 4.79 Å². The molecule has 0 aliphatic carbocycles. The molecule has 1 aromatic carbocycles. The van der Waals surface area contributed by atoms with Gasteiger partial charge in [0.25, 0.3) is 0 Å². The fourth-order valence-corrected chi connectivity index (χ4v) is 1.07. The number of nitrogens with one attached hydrogen (secondary N) is 1. The van der Waals surface area contributed by atoms with Gasteiger partial charge in [0.15, 0.2) is 0 Å². The van der Waals surface area contributed by atoms with Crippen LogP contribution in [0.25, 0.3) is 0 Å². The lowest BCUT2D eigenvalue weighted by atomic mass is 9.90. The van der Waals surface area contributed by atoms with Crippen LogP contribution in [-0.2, 0) is 0 Å². The van der Waals surface area contributed by atoms with Gasteiger partial charge in [-0.05, 0) is 24.0 Å². The quantitative estimate of drug-likeness (QED) is 0.847. The number of hydrogen-bond donors (Lipinski definition) is 1. The summed E-state index contributed by atoms with van der Waals surface area (Å²) in [4.78, 5) is 11.4. The minimum atomic E-state index is -0.396. The number of carbonyl (C=O) groups excluding carboxylic acids is 1. The normalized spacial score (nSPS) is 10.9. The topological polar surface area (TPSA) is 38.3 Å². The van der Waals surface area contributed by atoms with Crippen molar-refractivity contribution in [1.82, 2.24) is 5.32 Å². The summed E-state index contributed by atoms with van der Waals surface area (Å²) >= 11 is 0. The Labute approximate surface area is 96.8 Å². The van der Waals surface area contributed by atoms with Crippen LogP contribution in [0, 0.1) is 5.41 Å². The summed E-state index contributed by atoms with van der Waals surface area (Å²) in [5.74, 6) is 0.564. The average Bonchev–Trinajstić information content (AvgIpc) is 2.28. The molecule has 0 aliphatic rings. The molecule has 1 aromatic rings. The Kier molecular flexibility index (Phi) is 4.35. The van der Waals surface area contributed by atoms with Gasteiger partial charge in [-0.25, -0.2) is 4.79 Å². The summed E-state index contributed by atoms with van der Waals surface area (Å²) in [6, 6.07) is 9.05. The molecule has 3 nitrogen and oxygen atoms in total. The van der Waals surface area contributed by atoms with Crippen LogP contribution in [0.3, 0.4) is 0 Å². The lowest BCUT2D eigenvalue weighted by Crippen LogP contribution is -2.35. The summed E-state index contributed by atoms with van der Waals surface area (Å²) in [6.07, 6.45) is 0.617. The molecular formula is C13H19NO2. The van der Waals surface area contributed by atoms with E-state index in [2.05, 4.69) is 26.1 Å². The molecule has 0 aliphatic heterocycles. The van der Waals surface area contributed by atoms with E-state index >= 15 is 0 Å². The van der Waals surface area contributed by atoms with Gasteiger partial charge >= 0.3 is 6.09 Å². The molecule has 3 heteroatoms. The van der Waals surface area contributed by atoms with Crippen LogP contribution in [-0.4, -0.2) is 12.6 Å². The zero-order chi connectivity index (χ0) is 12.0. The maximum absolute atomic E-state index is 11.4. The Bertz CT molecular complexity index is 333. The van der Waals surface area contributed by atoms with Crippen molar-refractivity contribution in [2.24, 2.45) is 5.41 Å². The molecule has 1 N–H and O–H groups in total. The minimum Gasteiger partial charge on any atom is -0.410 e. The summed E-state index contributed by atoms with van der Waals surface area (Å²) in [5, 5.41) is 2.76. The Morgan fingerprint density at radius 3 is 2.50 bits per heavy atom. The number of rotatable bonds is 4. The third-order valence-corrected chi connectivity index (χ3v) is 2.62. The molecule has 0 spiro atoms. The molecule has 0 saturated carbocycles. The zero-order valence-corrected chi connectivity index (χ0v) is 10.1. The van der Waals surface area contributed by atoms with Crippen molar-refractivity contribution < 1.29 is 9.53 Å². The van der Waals surface area contributed by atoms with E-state index in [1.54, 1.807) is 12.1 Å². The van der Waals surface area contributed by atoms with Crippen molar-refractivity contribution in [3.63, 3.8) is 0 Å². The highest BCUT2D eigenvalue weighted by molar-refractivity contribution is 5.70. The van der Waals surface area contributed by atoms with Gasteiger partial charge in [0.05, 0.1) is 0 Å². The van der Waals surface area contributed by atoms with Gasteiger partial charge in [-0.3, -0.25) is 0 Å². The Morgan fingerprint density at radius 2 is 1.94 bits per heavy atom. The van der Waals surface area contributed by atoms with Crippen molar-refractivity contribution in [3.8, 4) is 5.75 Å². The highest BCUT2D eigenvalue weighted by atomic mass is 16.6. The van der Waals surface area contributed by atoms with E-state index < -0.39 is 6.09 Å². The first kappa shape index (κ1) is 12.6. The Hall–Kier alpha value is -1.51. The first-order valence-corrected chi connectivity index (χ1v) is 5.54. The van der Waals surface area contributed by atoms with Gasteiger partial charge in [-0.15, -0.1) is 0 Å². The number of amides is 1. The van der Waals surface area contributed by atoms with Crippen molar-refractivity contribution in [1.29, 1.82) is 0 Å². The second kappa shape index (κ2) is 5.54. The van der Waals surface area contributed by atoms with E-state index in [9.17, 15) is 4.79 Å². The van der Waals surface area contributed by atoms with Crippen molar-refractivity contribution in [2.45, 2.75) is 27.2 Å². The number of carbonyl (C=O) groups is 1. The monoisotopic (exact) mass is 221 g/mol. The molecular weight excluding hydrogens is 202 g/mol. The maximum atomic E-state index is 11.4. The van der Waals surface area contributed by atoms with E-state index in [1.807, 2.05) is 18.2 Å². The van der Waals surface area contributed by atoms with Crippen LogP contribution in [0.15, 0.2) is 30.3 Å². The molecule has 0 heterocycles. The van der Waals surface area contributed by atoms with Crippen LogP contribution in [0.2, 0.25) is 0 Å². The van der Waals surface area contributed by atoms with Crippen LogP contribution in [0.5, 0.6) is 5.75 Å². The third-order valence-electron chi connectivity index (χ3n) is 2.62. The SMILES string of the molecule is CCC(C)(C)CNC(=O)Oc1ccccc1. The van der Waals surface area contributed by atoms with Gasteiger partial charge in [-0.2, -0.15) is 0 Å². The van der Waals surface area contributed by atoms with E-state index in [4.69, 9.17) is 4.74 Å². The Balaban J connectivity index is 2.38. The number of ether oxygens (including phenoxy) is 1. The molecule has 0 saturated heterocycles. The summed E-state index contributed by atoms with van der Waals surface area (Å²) < 4.78 is 5.10. The summed E-state index contributed by atoms with van der Waals surface area (Å²) in [7, 11) is 0. The van der Waals surface area contributed by atoms with Gasteiger partial charge in [0.1, 0.15) is 5.75 Å². The highest BCUT2D eigenvalue weighted by Gasteiger charge is 2.16. The molecule has 16 heavy (non-hydrogen) atoms. The third kappa shape index (κ3) is 4.34.